The zero-order valence-electron chi connectivity index (χ0n) is 21.5. The Morgan fingerprint density at radius 3 is 0.947 bits per heavy atom. The molecule has 0 aliphatic rings. The normalized spacial score (nSPS) is 10.7. The molecule has 4 amide bonds. The first kappa shape index (κ1) is 31.7. The topological polar surface area (TPSA) is 131 Å². The minimum atomic E-state index is -0.378. The molecule has 0 radical (unpaired) electrons. The van der Waals surface area contributed by atoms with E-state index in [0.717, 1.165) is 22.8 Å². The summed E-state index contributed by atoms with van der Waals surface area (Å²) >= 11 is 0. The predicted octanol–water partition coefficient (Wildman–Crippen LogP) is 5.01. The third-order valence-corrected chi connectivity index (χ3v) is 5.15. The minimum absolute atomic E-state index is 0. The number of carbonyl (C=O) groups excluding carboxylic acids is 2. The van der Waals surface area contributed by atoms with Crippen molar-refractivity contribution < 1.29 is 9.59 Å². The summed E-state index contributed by atoms with van der Waals surface area (Å²) in [5.41, 5.74) is 4.30. The number of amides is 4. The number of aliphatic imine (C=N–C) groups is 2. The molecule has 12 heteroatoms. The molecule has 3 rings (SSSR count). The third-order valence-electron chi connectivity index (χ3n) is 5.15. The standard InChI is InChI=1S/C26H30N8O2.2ClH/c1-27-23(28-2)17-5-9-19(10-6-17)31-25(35)33-21-13-15-22(16-14-21)34-26(36)32-20-11-7-18(8-12-20)24(29-3)30-4;;/h5-16H,1-4H3,(H,27,28)(H,29,30)(H2,31,33,35)(H2,32,34,36);2*1H. The average Bonchev–Trinajstić information content (AvgIpc) is 2.88. The summed E-state index contributed by atoms with van der Waals surface area (Å²) in [6, 6.07) is 20.7. The van der Waals surface area contributed by atoms with E-state index in [1.54, 1.807) is 76.7 Å². The lowest BCUT2D eigenvalue weighted by Crippen LogP contribution is -2.21. The van der Waals surface area contributed by atoms with Gasteiger partial charge in [-0.25, -0.2) is 9.59 Å². The van der Waals surface area contributed by atoms with Gasteiger partial charge in [0, 0.05) is 62.1 Å². The SMILES string of the molecule is CN=C(NC)c1ccc(NC(=O)Nc2ccc(NC(=O)Nc3ccc(C(=NC)NC)cc3)cc2)cc1.Cl.Cl. The highest BCUT2D eigenvalue weighted by Gasteiger charge is 2.07. The Balaban J connectivity index is 0.00000361. The van der Waals surface area contributed by atoms with Gasteiger partial charge < -0.3 is 31.9 Å². The molecule has 0 fully saturated rings. The van der Waals surface area contributed by atoms with Gasteiger partial charge in [-0.15, -0.1) is 24.8 Å². The fourth-order valence-corrected chi connectivity index (χ4v) is 3.42. The van der Waals surface area contributed by atoms with Crippen LogP contribution >= 0.6 is 24.8 Å². The molecule has 0 aromatic heterocycles. The summed E-state index contributed by atoms with van der Waals surface area (Å²) in [5, 5.41) is 17.1. The van der Waals surface area contributed by atoms with Crippen molar-refractivity contribution in [3.63, 3.8) is 0 Å². The lowest BCUT2D eigenvalue weighted by atomic mass is 10.2. The van der Waals surface area contributed by atoms with Gasteiger partial charge in [-0.3, -0.25) is 9.98 Å². The molecule has 0 aliphatic carbocycles. The number of rotatable bonds is 6. The van der Waals surface area contributed by atoms with E-state index in [1.165, 1.54) is 0 Å². The van der Waals surface area contributed by atoms with Crippen molar-refractivity contribution in [3.05, 3.63) is 83.9 Å². The first-order valence-corrected chi connectivity index (χ1v) is 11.2. The van der Waals surface area contributed by atoms with Crippen molar-refractivity contribution in [2.75, 3.05) is 49.5 Å². The van der Waals surface area contributed by atoms with E-state index in [0.29, 0.717) is 22.7 Å². The van der Waals surface area contributed by atoms with Gasteiger partial charge in [0.2, 0.25) is 0 Å². The molecule has 202 valence electrons. The van der Waals surface area contributed by atoms with Gasteiger partial charge in [0.15, 0.2) is 0 Å². The fraction of sp³-hybridized carbons (Fsp3) is 0.154. The van der Waals surface area contributed by atoms with Gasteiger partial charge in [-0.05, 0) is 72.8 Å². The number of hydrogen-bond acceptors (Lipinski definition) is 4. The molecule has 0 aliphatic heterocycles. The molecule has 10 nitrogen and oxygen atoms in total. The van der Waals surface area contributed by atoms with Crippen LogP contribution in [0.15, 0.2) is 82.8 Å². The number of urea groups is 2. The van der Waals surface area contributed by atoms with E-state index >= 15 is 0 Å². The van der Waals surface area contributed by atoms with Crippen LogP contribution in [0.5, 0.6) is 0 Å². The molecular formula is C26H32Cl2N8O2. The number of nitrogens with one attached hydrogen (secondary N) is 6. The summed E-state index contributed by atoms with van der Waals surface area (Å²) in [6.07, 6.45) is 0. The summed E-state index contributed by atoms with van der Waals surface area (Å²) < 4.78 is 0. The number of nitrogens with zero attached hydrogens (tertiary/aromatic N) is 2. The van der Waals surface area contributed by atoms with Crippen molar-refractivity contribution in [2.24, 2.45) is 9.98 Å². The van der Waals surface area contributed by atoms with E-state index in [1.807, 2.05) is 24.3 Å². The molecule has 38 heavy (non-hydrogen) atoms. The van der Waals surface area contributed by atoms with E-state index in [4.69, 9.17) is 0 Å². The quantitative estimate of drug-likeness (QED) is 0.187. The maximum absolute atomic E-state index is 12.3. The van der Waals surface area contributed by atoms with Gasteiger partial charge in [-0.1, -0.05) is 0 Å². The second kappa shape index (κ2) is 15.7. The van der Waals surface area contributed by atoms with Gasteiger partial charge in [0.25, 0.3) is 0 Å². The number of benzene rings is 3. The maximum atomic E-state index is 12.3. The molecule has 0 saturated heterocycles. The van der Waals surface area contributed by atoms with Gasteiger partial charge in [0.05, 0.1) is 0 Å². The molecule has 0 atom stereocenters. The Kier molecular flexibility index (Phi) is 13.2. The van der Waals surface area contributed by atoms with Crippen LogP contribution in [0.4, 0.5) is 32.3 Å². The van der Waals surface area contributed by atoms with E-state index < -0.39 is 0 Å². The number of hydrogen-bond donors (Lipinski definition) is 6. The molecular weight excluding hydrogens is 527 g/mol. The van der Waals surface area contributed by atoms with Crippen LogP contribution in [-0.2, 0) is 0 Å². The van der Waals surface area contributed by atoms with Gasteiger partial charge >= 0.3 is 12.1 Å². The van der Waals surface area contributed by atoms with Crippen LogP contribution in [0.1, 0.15) is 11.1 Å². The lowest BCUT2D eigenvalue weighted by molar-refractivity contribution is 0.261. The predicted molar refractivity (Wildman–Crippen MR) is 162 cm³/mol. The highest BCUT2D eigenvalue weighted by Crippen LogP contribution is 2.16. The van der Waals surface area contributed by atoms with Crippen molar-refractivity contribution in [3.8, 4) is 0 Å². The molecule has 0 bridgehead atoms. The van der Waals surface area contributed by atoms with Gasteiger partial charge in [0.1, 0.15) is 11.7 Å². The Morgan fingerprint density at radius 2 is 0.737 bits per heavy atom. The first-order chi connectivity index (χ1) is 17.4. The summed E-state index contributed by atoms with van der Waals surface area (Å²) in [4.78, 5) is 33.0. The van der Waals surface area contributed by atoms with Crippen LogP contribution in [-0.4, -0.2) is 51.9 Å². The summed E-state index contributed by atoms with van der Waals surface area (Å²) in [5.74, 6) is 1.52. The molecule has 0 heterocycles. The van der Waals surface area contributed by atoms with Crippen LogP contribution in [0.3, 0.4) is 0 Å². The summed E-state index contributed by atoms with van der Waals surface area (Å²) in [6.45, 7) is 0. The van der Waals surface area contributed by atoms with Crippen molar-refractivity contribution in [1.29, 1.82) is 0 Å². The Hall–Kier alpha value is -4.28. The van der Waals surface area contributed by atoms with Crippen LogP contribution in [0.25, 0.3) is 0 Å². The molecule has 6 N–H and O–H groups in total. The van der Waals surface area contributed by atoms with E-state index in [-0.39, 0.29) is 36.9 Å². The van der Waals surface area contributed by atoms with Crippen molar-refractivity contribution in [2.45, 2.75) is 0 Å². The average molecular weight is 560 g/mol. The van der Waals surface area contributed by atoms with Crippen LogP contribution < -0.4 is 31.9 Å². The molecule has 0 saturated carbocycles. The van der Waals surface area contributed by atoms with Crippen LogP contribution in [0.2, 0.25) is 0 Å². The Labute approximate surface area is 234 Å². The molecule has 3 aromatic carbocycles. The maximum Gasteiger partial charge on any atom is 0.323 e. The van der Waals surface area contributed by atoms with Crippen molar-refractivity contribution >= 4 is 71.3 Å². The second-order valence-electron chi connectivity index (χ2n) is 7.53. The summed E-state index contributed by atoms with van der Waals surface area (Å²) in [7, 11) is 7.02. The smallest absolute Gasteiger partial charge is 0.323 e. The number of carbonyl (C=O) groups is 2. The first-order valence-electron chi connectivity index (χ1n) is 11.2. The Morgan fingerprint density at radius 1 is 0.500 bits per heavy atom. The second-order valence-corrected chi connectivity index (χ2v) is 7.53. The number of amidine groups is 2. The highest BCUT2D eigenvalue weighted by atomic mass is 35.5. The molecule has 3 aromatic rings. The fourth-order valence-electron chi connectivity index (χ4n) is 3.42. The lowest BCUT2D eigenvalue weighted by Gasteiger charge is -2.11. The van der Waals surface area contributed by atoms with Crippen molar-refractivity contribution in [1.82, 2.24) is 10.6 Å². The number of anilines is 4. The van der Waals surface area contributed by atoms with Gasteiger partial charge in [-0.2, -0.15) is 0 Å². The van der Waals surface area contributed by atoms with E-state index in [2.05, 4.69) is 41.9 Å². The Bertz CT molecular complexity index is 1150. The monoisotopic (exact) mass is 558 g/mol. The minimum Gasteiger partial charge on any atom is -0.373 e. The molecule has 0 unspecified atom stereocenters. The molecule has 0 spiro atoms. The van der Waals surface area contributed by atoms with Crippen LogP contribution in [0, 0.1) is 0 Å². The van der Waals surface area contributed by atoms with E-state index in [9.17, 15) is 9.59 Å². The third kappa shape index (κ3) is 8.99. The zero-order valence-corrected chi connectivity index (χ0v) is 23.1. The largest absolute Gasteiger partial charge is 0.373 e. The number of halogens is 2. The highest BCUT2D eigenvalue weighted by molar-refractivity contribution is 6.03. The zero-order chi connectivity index (χ0) is 25.9.